The molecule has 5 nitrogen and oxygen atoms in total. The van der Waals surface area contributed by atoms with E-state index in [4.69, 9.17) is 16.1 Å². The van der Waals surface area contributed by atoms with Crippen LogP contribution in [0.2, 0.25) is 5.02 Å². The Morgan fingerprint density at radius 1 is 1.19 bits per heavy atom. The third-order valence-corrected chi connectivity index (χ3v) is 4.05. The number of aromatic nitrogens is 3. The Bertz CT molecular complexity index is 763. The second-order valence-corrected chi connectivity index (χ2v) is 5.55. The van der Waals surface area contributed by atoms with Crippen molar-refractivity contribution in [2.45, 2.75) is 10.8 Å². The van der Waals surface area contributed by atoms with Gasteiger partial charge in [-0.25, -0.2) is 0 Å². The monoisotopic (exact) mass is 319 g/mol. The lowest BCUT2D eigenvalue weighted by molar-refractivity contribution is -0.645. The molecule has 0 unspecified atom stereocenters. The fourth-order valence-electron chi connectivity index (χ4n) is 1.73. The number of hydrogen-bond acceptors (Lipinski definition) is 5. The summed E-state index contributed by atoms with van der Waals surface area (Å²) in [5.74, 6) is 1.31. The number of halogens is 1. The van der Waals surface area contributed by atoms with Gasteiger partial charge >= 0.3 is 0 Å². The molecule has 0 N–H and O–H groups in total. The molecular weight excluding hydrogens is 310 g/mol. The zero-order valence-electron chi connectivity index (χ0n) is 10.8. The Hall–Kier alpha value is -2.05. The quantitative estimate of drug-likeness (QED) is 0.419. The van der Waals surface area contributed by atoms with E-state index in [0.29, 0.717) is 27.5 Å². The molecule has 3 rings (SSSR count). The van der Waals surface area contributed by atoms with Gasteiger partial charge in [0.25, 0.3) is 5.03 Å². The van der Waals surface area contributed by atoms with E-state index < -0.39 is 0 Å². The Balaban J connectivity index is 1.74. The zero-order valence-corrected chi connectivity index (χ0v) is 12.3. The van der Waals surface area contributed by atoms with Gasteiger partial charge in [-0.2, -0.15) is 9.71 Å². The first-order chi connectivity index (χ1) is 10.2. The highest BCUT2D eigenvalue weighted by Crippen LogP contribution is 2.26. The Morgan fingerprint density at radius 2 is 2.00 bits per heavy atom. The molecule has 0 saturated heterocycles. The van der Waals surface area contributed by atoms with Crippen LogP contribution in [-0.2, 0) is 5.75 Å². The van der Waals surface area contributed by atoms with E-state index in [1.54, 1.807) is 24.3 Å². The Morgan fingerprint density at radius 3 is 2.81 bits per heavy atom. The molecule has 7 heteroatoms. The minimum atomic E-state index is 0.420. The number of nitrogens with zero attached hydrogens (tertiary/aromatic N) is 3. The molecule has 2 aromatic heterocycles. The van der Waals surface area contributed by atoms with Gasteiger partial charge in [-0.3, -0.25) is 0 Å². The van der Waals surface area contributed by atoms with Crippen LogP contribution < -0.4 is 4.73 Å². The van der Waals surface area contributed by atoms with Crippen LogP contribution in [-0.4, -0.2) is 10.1 Å². The van der Waals surface area contributed by atoms with Crippen molar-refractivity contribution in [3.8, 4) is 11.4 Å². The lowest BCUT2D eigenvalue weighted by Crippen LogP contribution is -2.27. The van der Waals surface area contributed by atoms with Gasteiger partial charge in [0.1, 0.15) is 0 Å². The van der Waals surface area contributed by atoms with Crippen LogP contribution in [0.5, 0.6) is 0 Å². The predicted molar refractivity (Wildman–Crippen MR) is 79.7 cm³/mol. The maximum absolute atomic E-state index is 11.5. The zero-order chi connectivity index (χ0) is 14.7. The molecule has 106 valence electrons. The first-order valence-corrected chi connectivity index (χ1v) is 7.49. The first-order valence-electron chi connectivity index (χ1n) is 6.12. The van der Waals surface area contributed by atoms with Crippen LogP contribution in [0.25, 0.3) is 11.4 Å². The van der Waals surface area contributed by atoms with Crippen LogP contribution in [0.15, 0.2) is 58.2 Å². The van der Waals surface area contributed by atoms with Crippen LogP contribution in [0.3, 0.4) is 0 Å². The van der Waals surface area contributed by atoms with Gasteiger partial charge in [0.15, 0.2) is 6.20 Å². The number of pyridine rings is 1. The van der Waals surface area contributed by atoms with Gasteiger partial charge < -0.3 is 9.73 Å². The third kappa shape index (κ3) is 3.17. The van der Waals surface area contributed by atoms with Crippen molar-refractivity contribution in [3.05, 3.63) is 64.8 Å². The summed E-state index contributed by atoms with van der Waals surface area (Å²) in [6, 6.07) is 12.5. The van der Waals surface area contributed by atoms with E-state index >= 15 is 0 Å². The standard InChI is InChI=1S/C14H10ClN3O2S/c15-11-6-2-1-5-10(11)14-16-12(20-17-14)9-21-13-7-3-4-8-18(13)19/h1-8H,9H2. The highest BCUT2D eigenvalue weighted by molar-refractivity contribution is 7.98. The summed E-state index contributed by atoms with van der Waals surface area (Å²) in [5, 5.41) is 16.6. The lowest BCUT2D eigenvalue weighted by atomic mass is 10.2. The molecule has 21 heavy (non-hydrogen) atoms. The number of hydrogen-bond donors (Lipinski definition) is 0. The summed E-state index contributed by atoms with van der Waals surface area (Å²) in [7, 11) is 0. The summed E-state index contributed by atoms with van der Waals surface area (Å²) in [5.41, 5.74) is 0.720. The Kier molecular flexibility index (Phi) is 4.08. The molecule has 0 aliphatic carbocycles. The number of rotatable bonds is 4. The van der Waals surface area contributed by atoms with Crippen molar-refractivity contribution in [2.75, 3.05) is 0 Å². The maximum atomic E-state index is 11.5. The molecule has 2 heterocycles. The molecule has 0 radical (unpaired) electrons. The first kappa shape index (κ1) is 13.9. The van der Waals surface area contributed by atoms with Crippen molar-refractivity contribution < 1.29 is 9.25 Å². The van der Waals surface area contributed by atoms with Crippen molar-refractivity contribution in [1.82, 2.24) is 10.1 Å². The molecule has 0 amide bonds. The number of thioether (sulfide) groups is 1. The third-order valence-electron chi connectivity index (χ3n) is 2.71. The minimum Gasteiger partial charge on any atom is -0.618 e. The van der Waals surface area contributed by atoms with Crippen molar-refractivity contribution in [3.63, 3.8) is 0 Å². The largest absolute Gasteiger partial charge is 0.618 e. The van der Waals surface area contributed by atoms with Gasteiger partial charge in [0.2, 0.25) is 11.7 Å². The van der Waals surface area contributed by atoms with Gasteiger partial charge in [0, 0.05) is 17.7 Å². The van der Waals surface area contributed by atoms with Crippen LogP contribution >= 0.6 is 23.4 Å². The fourth-order valence-corrected chi connectivity index (χ4v) is 2.70. The van der Waals surface area contributed by atoms with Crippen LogP contribution in [0, 0.1) is 5.21 Å². The second-order valence-electron chi connectivity index (χ2n) is 4.14. The molecule has 0 aliphatic heterocycles. The van der Waals surface area contributed by atoms with Crippen molar-refractivity contribution in [1.29, 1.82) is 0 Å². The normalized spacial score (nSPS) is 10.7. The SMILES string of the molecule is [O-][n+]1ccccc1SCc1nc(-c2ccccc2Cl)no1. The molecule has 3 aromatic rings. The summed E-state index contributed by atoms with van der Waals surface area (Å²) >= 11 is 7.42. The topological polar surface area (TPSA) is 65.9 Å². The molecule has 0 fully saturated rings. The van der Waals surface area contributed by atoms with Gasteiger partial charge in [-0.1, -0.05) is 28.9 Å². The molecule has 1 aromatic carbocycles. The summed E-state index contributed by atoms with van der Waals surface area (Å²) in [6.07, 6.45) is 1.45. The van der Waals surface area contributed by atoms with Gasteiger partial charge in [-0.15, -0.1) is 0 Å². The van der Waals surface area contributed by atoms with Gasteiger partial charge in [0.05, 0.1) is 10.8 Å². The summed E-state index contributed by atoms with van der Waals surface area (Å²) in [6.45, 7) is 0. The van der Waals surface area contributed by atoms with E-state index in [-0.39, 0.29) is 0 Å². The predicted octanol–water partition coefficient (Wildman–Crippen LogP) is 3.32. The van der Waals surface area contributed by atoms with Crippen molar-refractivity contribution >= 4 is 23.4 Å². The smallest absolute Gasteiger partial charge is 0.251 e. The summed E-state index contributed by atoms with van der Waals surface area (Å²) < 4.78 is 5.99. The van der Waals surface area contributed by atoms with E-state index in [1.165, 1.54) is 18.0 Å². The van der Waals surface area contributed by atoms with E-state index in [2.05, 4.69) is 10.1 Å². The molecular formula is C14H10ClN3O2S. The molecule has 0 spiro atoms. The Labute approximate surface area is 130 Å². The molecule has 0 saturated carbocycles. The highest BCUT2D eigenvalue weighted by Gasteiger charge is 2.13. The lowest BCUT2D eigenvalue weighted by Gasteiger charge is -2.00. The van der Waals surface area contributed by atoms with E-state index in [9.17, 15) is 5.21 Å². The van der Waals surface area contributed by atoms with Crippen molar-refractivity contribution in [2.24, 2.45) is 0 Å². The average Bonchev–Trinajstić information content (AvgIpc) is 2.96. The van der Waals surface area contributed by atoms with Gasteiger partial charge in [-0.05, 0) is 30.0 Å². The van der Waals surface area contributed by atoms with E-state index in [1.807, 2.05) is 18.2 Å². The highest BCUT2D eigenvalue weighted by atomic mass is 35.5. The van der Waals surface area contributed by atoms with Crippen LogP contribution in [0.4, 0.5) is 0 Å². The molecule has 0 atom stereocenters. The summed E-state index contributed by atoms with van der Waals surface area (Å²) in [4.78, 5) is 4.29. The number of benzene rings is 1. The molecule has 0 bridgehead atoms. The minimum absolute atomic E-state index is 0.420. The molecule has 0 aliphatic rings. The average molecular weight is 320 g/mol. The fraction of sp³-hybridized carbons (Fsp3) is 0.0714. The maximum Gasteiger partial charge on any atom is 0.251 e. The van der Waals surface area contributed by atoms with Crippen LogP contribution in [0.1, 0.15) is 5.89 Å². The van der Waals surface area contributed by atoms with E-state index in [0.717, 1.165) is 10.3 Å². The second kappa shape index (κ2) is 6.15.